The number of hydrogen-bond donors (Lipinski definition) is 2. The molecule has 0 heterocycles. The van der Waals surface area contributed by atoms with Crippen molar-refractivity contribution >= 4 is 37.4 Å². The molecule has 6 heteroatoms. The van der Waals surface area contributed by atoms with Crippen molar-refractivity contribution in [2.24, 2.45) is 0 Å². The third-order valence-corrected chi connectivity index (χ3v) is 18.7. The van der Waals surface area contributed by atoms with E-state index in [0.717, 1.165) is 0 Å². The second-order valence-corrected chi connectivity index (χ2v) is 22.4. The molecule has 0 unspecified atom stereocenters. The summed E-state index contributed by atoms with van der Waals surface area (Å²) in [5.74, 6) is 0. The van der Waals surface area contributed by atoms with E-state index >= 15 is 0 Å². The highest BCUT2D eigenvalue weighted by Gasteiger charge is 2.51. The van der Waals surface area contributed by atoms with Crippen LogP contribution in [0.4, 0.5) is 0 Å². The molecule has 44 heavy (non-hydrogen) atoms. The van der Waals surface area contributed by atoms with Gasteiger partial charge in [0.15, 0.2) is 0 Å². The van der Waals surface area contributed by atoms with E-state index in [9.17, 15) is 10.2 Å². The van der Waals surface area contributed by atoms with E-state index in [1.165, 1.54) is 20.7 Å². The highest BCUT2D eigenvalue weighted by Crippen LogP contribution is 2.38. The van der Waals surface area contributed by atoms with E-state index in [0.29, 0.717) is 12.8 Å². The summed E-state index contributed by atoms with van der Waals surface area (Å²) in [6, 6.07) is 41.9. The summed E-state index contributed by atoms with van der Waals surface area (Å²) in [5, 5.41) is 26.8. The topological polar surface area (TPSA) is 58.9 Å². The van der Waals surface area contributed by atoms with Crippen LogP contribution in [0, 0.1) is 0 Å². The summed E-state index contributed by atoms with van der Waals surface area (Å²) in [7, 11) is -5.49. The van der Waals surface area contributed by atoms with Gasteiger partial charge in [0.1, 0.15) is 0 Å². The molecule has 0 bridgehead atoms. The fourth-order valence-electron chi connectivity index (χ4n) is 6.52. The molecule has 4 rings (SSSR count). The molecular weight excluding hydrogens is 577 g/mol. The number of aliphatic hydroxyl groups is 2. The van der Waals surface area contributed by atoms with Crippen LogP contribution in [0.25, 0.3) is 0 Å². The van der Waals surface area contributed by atoms with Gasteiger partial charge in [0, 0.05) is 0 Å². The third kappa shape index (κ3) is 7.33. The van der Waals surface area contributed by atoms with Crippen LogP contribution in [0.15, 0.2) is 121 Å². The summed E-state index contributed by atoms with van der Waals surface area (Å²) in [6.07, 6.45) is -0.578. The van der Waals surface area contributed by atoms with Crippen molar-refractivity contribution in [2.75, 3.05) is 13.2 Å². The van der Waals surface area contributed by atoms with Crippen LogP contribution < -0.4 is 20.7 Å². The first-order valence-corrected chi connectivity index (χ1v) is 19.6. The van der Waals surface area contributed by atoms with Crippen molar-refractivity contribution in [3.63, 3.8) is 0 Å². The summed E-state index contributed by atoms with van der Waals surface area (Å²) >= 11 is 0. The van der Waals surface area contributed by atoms with Gasteiger partial charge in [0.25, 0.3) is 16.6 Å². The van der Waals surface area contributed by atoms with Gasteiger partial charge in [-0.05, 0) is 43.7 Å². The fourth-order valence-corrected chi connectivity index (χ4v) is 15.7. The molecule has 2 N–H and O–H groups in total. The summed E-state index contributed by atoms with van der Waals surface area (Å²) in [6.45, 7) is 13.8. The Morgan fingerprint density at radius 2 is 0.682 bits per heavy atom. The average molecular weight is 627 g/mol. The maximum atomic E-state index is 11.2. The molecule has 0 saturated carbocycles. The Balaban J connectivity index is 1.48. The molecule has 0 aliphatic heterocycles. The van der Waals surface area contributed by atoms with Gasteiger partial charge in [-0.2, -0.15) is 0 Å². The SMILES string of the molecule is CC(C)(C)[Si](OC[C@@H](O)CC[C@H](O)CO[Si](c1ccccc1)(c1ccccc1)C(C)(C)C)(c1ccccc1)c1ccccc1. The Kier molecular flexibility index (Phi) is 11.2. The molecule has 0 amide bonds. The van der Waals surface area contributed by atoms with E-state index in [4.69, 9.17) is 8.85 Å². The molecule has 0 saturated heterocycles. The number of rotatable bonds is 13. The van der Waals surface area contributed by atoms with Crippen molar-refractivity contribution < 1.29 is 19.1 Å². The standard InChI is InChI=1S/C38H50O4Si2/c1-37(2,3)43(33-19-11-7-12-20-33,34-21-13-8-14-22-34)41-29-31(39)27-28-32(40)30-42-44(38(4,5)6,35-23-15-9-16-24-35)36-25-17-10-18-26-36/h7-26,31-32,39-40H,27-30H2,1-6H3/t31-,32-/m0/s1. The predicted molar refractivity (Wildman–Crippen MR) is 188 cm³/mol. The zero-order valence-electron chi connectivity index (χ0n) is 27.2. The minimum absolute atomic E-state index is 0.168. The molecule has 4 nitrogen and oxygen atoms in total. The van der Waals surface area contributed by atoms with Gasteiger partial charge in [0.05, 0.1) is 25.4 Å². The highest BCUT2D eigenvalue weighted by molar-refractivity contribution is 7.00. The average Bonchev–Trinajstić information content (AvgIpc) is 3.01. The summed E-state index contributed by atoms with van der Waals surface area (Å²) < 4.78 is 13.8. The third-order valence-electron chi connectivity index (χ3n) is 8.65. The quantitative estimate of drug-likeness (QED) is 0.189. The van der Waals surface area contributed by atoms with Crippen molar-refractivity contribution in [1.82, 2.24) is 0 Å². The van der Waals surface area contributed by atoms with Gasteiger partial charge in [-0.3, -0.25) is 0 Å². The van der Waals surface area contributed by atoms with E-state index in [-0.39, 0.29) is 23.3 Å². The normalized spacial score (nSPS) is 14.3. The van der Waals surface area contributed by atoms with Crippen molar-refractivity contribution in [2.45, 2.75) is 76.7 Å². The monoisotopic (exact) mass is 626 g/mol. The van der Waals surface area contributed by atoms with Crippen LogP contribution in [-0.4, -0.2) is 52.3 Å². The van der Waals surface area contributed by atoms with Crippen LogP contribution in [0.1, 0.15) is 54.4 Å². The largest absolute Gasteiger partial charge is 0.405 e. The lowest BCUT2D eigenvalue weighted by Gasteiger charge is -2.43. The maximum absolute atomic E-state index is 11.2. The Hall–Kier alpha value is -2.85. The predicted octanol–water partition coefficient (Wildman–Crippen LogP) is 5.64. The van der Waals surface area contributed by atoms with E-state index in [2.05, 4.69) is 139 Å². The van der Waals surface area contributed by atoms with E-state index < -0.39 is 28.8 Å². The minimum Gasteiger partial charge on any atom is -0.405 e. The van der Waals surface area contributed by atoms with Gasteiger partial charge in [0.2, 0.25) is 0 Å². The van der Waals surface area contributed by atoms with E-state index in [1.807, 2.05) is 24.3 Å². The lowest BCUT2D eigenvalue weighted by atomic mass is 10.1. The molecule has 0 spiro atoms. The smallest absolute Gasteiger partial charge is 0.261 e. The van der Waals surface area contributed by atoms with Crippen LogP contribution in [0.2, 0.25) is 10.1 Å². The Labute approximate surface area is 267 Å². The first kappa shape index (κ1) is 34.0. The molecule has 2 atom stereocenters. The zero-order chi connectivity index (χ0) is 31.8. The van der Waals surface area contributed by atoms with Crippen molar-refractivity contribution in [3.8, 4) is 0 Å². The van der Waals surface area contributed by atoms with E-state index in [1.54, 1.807) is 0 Å². The van der Waals surface area contributed by atoms with Gasteiger partial charge in [-0.1, -0.05) is 163 Å². The fraction of sp³-hybridized carbons (Fsp3) is 0.368. The first-order valence-electron chi connectivity index (χ1n) is 15.8. The van der Waals surface area contributed by atoms with Crippen LogP contribution in [-0.2, 0) is 8.85 Å². The molecule has 0 aliphatic carbocycles. The van der Waals surface area contributed by atoms with Crippen LogP contribution in [0.3, 0.4) is 0 Å². The second-order valence-electron chi connectivity index (χ2n) is 13.8. The van der Waals surface area contributed by atoms with Gasteiger partial charge in [-0.15, -0.1) is 0 Å². The Morgan fingerprint density at radius 3 is 0.886 bits per heavy atom. The maximum Gasteiger partial charge on any atom is 0.261 e. The summed E-state index contributed by atoms with van der Waals surface area (Å²) in [5.41, 5.74) is 0. The zero-order valence-corrected chi connectivity index (χ0v) is 29.2. The van der Waals surface area contributed by atoms with Crippen molar-refractivity contribution in [3.05, 3.63) is 121 Å². The van der Waals surface area contributed by atoms with Crippen LogP contribution in [0.5, 0.6) is 0 Å². The lowest BCUT2D eigenvalue weighted by molar-refractivity contribution is 0.0550. The molecule has 4 aromatic rings. The lowest BCUT2D eigenvalue weighted by Crippen LogP contribution is -2.67. The van der Waals surface area contributed by atoms with Crippen LogP contribution >= 0.6 is 0 Å². The molecule has 0 radical (unpaired) electrons. The minimum atomic E-state index is -2.75. The molecule has 0 aliphatic rings. The van der Waals surface area contributed by atoms with Gasteiger partial charge < -0.3 is 19.1 Å². The van der Waals surface area contributed by atoms with Gasteiger partial charge >= 0.3 is 0 Å². The Bertz CT molecular complexity index is 1210. The molecule has 4 aromatic carbocycles. The number of hydrogen-bond acceptors (Lipinski definition) is 4. The first-order chi connectivity index (χ1) is 20.9. The molecule has 0 fully saturated rings. The second kappa shape index (κ2) is 14.5. The highest BCUT2D eigenvalue weighted by atomic mass is 28.4. The van der Waals surface area contributed by atoms with Gasteiger partial charge in [-0.25, -0.2) is 0 Å². The Morgan fingerprint density at radius 1 is 0.455 bits per heavy atom. The number of benzene rings is 4. The molecule has 0 aromatic heterocycles. The molecule has 234 valence electrons. The summed E-state index contributed by atoms with van der Waals surface area (Å²) in [4.78, 5) is 0. The van der Waals surface area contributed by atoms with Crippen molar-refractivity contribution in [1.29, 1.82) is 0 Å². The number of aliphatic hydroxyl groups excluding tert-OH is 2. The molecular formula is C38H50O4Si2.